The van der Waals surface area contributed by atoms with Gasteiger partial charge >= 0.3 is 6.09 Å². The Bertz CT molecular complexity index is 1250. The van der Waals surface area contributed by atoms with E-state index in [0.29, 0.717) is 11.4 Å². The van der Waals surface area contributed by atoms with Gasteiger partial charge in [0.2, 0.25) is 0 Å². The lowest BCUT2D eigenvalue weighted by atomic mass is 10.0. The zero-order valence-electron chi connectivity index (χ0n) is 19.3. The second kappa shape index (κ2) is 10.0. The molecule has 4 aromatic rings. The first-order valence-electron chi connectivity index (χ1n) is 10.8. The van der Waals surface area contributed by atoms with Crippen molar-refractivity contribution in [2.45, 2.75) is 6.92 Å². The number of fused-ring (bicyclic) bond motifs is 1. The van der Waals surface area contributed by atoms with Crippen molar-refractivity contribution in [1.82, 2.24) is 9.88 Å². The number of hydrogen-bond donors (Lipinski definition) is 1. The number of rotatable bonds is 7. The number of likely N-dealkylation sites (N-methyl/N-ethyl adjacent to an activating group) is 2. The van der Waals surface area contributed by atoms with Crippen molar-refractivity contribution in [3.05, 3.63) is 72.3 Å². The van der Waals surface area contributed by atoms with E-state index in [0.717, 1.165) is 39.6 Å². The summed E-state index contributed by atoms with van der Waals surface area (Å²) < 4.78 is 6.49. The number of aromatic nitrogens is 1. The van der Waals surface area contributed by atoms with E-state index in [1.165, 1.54) is 5.56 Å². The average Bonchev–Trinajstić information content (AvgIpc) is 3.22. The molecular weight excluding hydrogens is 432 g/mol. The van der Waals surface area contributed by atoms with Crippen molar-refractivity contribution in [2.75, 3.05) is 44.4 Å². The van der Waals surface area contributed by atoms with Crippen LogP contribution in [0.4, 0.5) is 15.6 Å². The number of amides is 1. The third kappa shape index (κ3) is 5.69. The van der Waals surface area contributed by atoms with Gasteiger partial charge in [-0.05, 0) is 68.0 Å². The standard InChI is InChI=1S/C26H28N4O2S/c1-18-7-5-6-8-22(18)19-9-12-21(13-10-19)32-26(31)27-20-11-14-23-24(17-20)33-25(28-23)30(4)16-15-29(2)3/h5-14,17H,15-16H2,1-4H3,(H,27,31). The molecule has 1 aromatic heterocycles. The summed E-state index contributed by atoms with van der Waals surface area (Å²) in [5.41, 5.74) is 5.04. The van der Waals surface area contributed by atoms with Crippen molar-refractivity contribution in [1.29, 1.82) is 0 Å². The molecule has 6 nitrogen and oxygen atoms in total. The fraction of sp³-hybridized carbons (Fsp3) is 0.231. The quantitative estimate of drug-likeness (QED) is 0.373. The molecule has 0 unspecified atom stereocenters. The first-order chi connectivity index (χ1) is 15.9. The van der Waals surface area contributed by atoms with Crippen molar-refractivity contribution >= 4 is 38.5 Å². The molecule has 0 saturated carbocycles. The molecule has 1 N–H and O–H groups in total. The van der Waals surface area contributed by atoms with E-state index in [1.54, 1.807) is 11.3 Å². The summed E-state index contributed by atoms with van der Waals surface area (Å²) in [6.07, 6.45) is -0.522. The van der Waals surface area contributed by atoms with Gasteiger partial charge in [0.15, 0.2) is 5.13 Å². The second-order valence-electron chi connectivity index (χ2n) is 8.26. The highest BCUT2D eigenvalue weighted by Gasteiger charge is 2.11. The Morgan fingerprint density at radius 1 is 1.00 bits per heavy atom. The van der Waals surface area contributed by atoms with Crippen LogP contribution in [0.3, 0.4) is 0 Å². The number of hydrogen-bond acceptors (Lipinski definition) is 6. The number of thiazole rings is 1. The van der Waals surface area contributed by atoms with Gasteiger partial charge < -0.3 is 14.5 Å². The highest BCUT2D eigenvalue weighted by atomic mass is 32.1. The monoisotopic (exact) mass is 460 g/mol. The van der Waals surface area contributed by atoms with Gasteiger partial charge in [-0.2, -0.15) is 0 Å². The predicted octanol–water partition coefficient (Wildman–Crippen LogP) is 5.88. The summed E-state index contributed by atoms with van der Waals surface area (Å²) in [5.74, 6) is 0.494. The van der Waals surface area contributed by atoms with Crippen LogP contribution in [0.2, 0.25) is 0 Å². The maximum Gasteiger partial charge on any atom is 0.417 e. The van der Waals surface area contributed by atoms with Gasteiger partial charge in [0.05, 0.1) is 10.2 Å². The van der Waals surface area contributed by atoms with Crippen LogP contribution in [0.5, 0.6) is 5.75 Å². The van der Waals surface area contributed by atoms with Crippen LogP contribution in [0.1, 0.15) is 5.56 Å². The molecule has 0 aliphatic heterocycles. The average molecular weight is 461 g/mol. The fourth-order valence-electron chi connectivity index (χ4n) is 3.45. The van der Waals surface area contributed by atoms with E-state index in [9.17, 15) is 4.79 Å². The summed E-state index contributed by atoms with van der Waals surface area (Å²) in [7, 11) is 6.16. The molecule has 0 aliphatic rings. The Kier molecular flexibility index (Phi) is 6.91. The number of anilines is 2. The van der Waals surface area contributed by atoms with Crippen molar-refractivity contribution in [2.24, 2.45) is 0 Å². The SMILES string of the molecule is Cc1ccccc1-c1ccc(OC(=O)Nc2ccc3nc(N(C)CCN(C)C)sc3c2)cc1. The molecule has 33 heavy (non-hydrogen) atoms. The van der Waals surface area contributed by atoms with Crippen LogP contribution in [0, 0.1) is 6.92 Å². The van der Waals surface area contributed by atoms with Crippen molar-refractivity contribution < 1.29 is 9.53 Å². The highest BCUT2D eigenvalue weighted by molar-refractivity contribution is 7.22. The van der Waals surface area contributed by atoms with E-state index in [2.05, 4.69) is 48.3 Å². The van der Waals surface area contributed by atoms with E-state index in [-0.39, 0.29) is 0 Å². The largest absolute Gasteiger partial charge is 0.417 e. The minimum atomic E-state index is -0.522. The summed E-state index contributed by atoms with van der Waals surface area (Å²) in [4.78, 5) is 21.4. The molecule has 3 aromatic carbocycles. The number of benzene rings is 3. The third-order valence-electron chi connectivity index (χ3n) is 5.35. The lowest BCUT2D eigenvalue weighted by molar-refractivity contribution is 0.215. The molecule has 0 radical (unpaired) electrons. The van der Waals surface area contributed by atoms with Crippen LogP contribution in [0.25, 0.3) is 21.3 Å². The van der Waals surface area contributed by atoms with Crippen molar-refractivity contribution in [3.63, 3.8) is 0 Å². The normalized spacial score (nSPS) is 11.1. The Balaban J connectivity index is 1.40. The molecule has 0 bridgehead atoms. The van der Waals surface area contributed by atoms with E-state index < -0.39 is 6.09 Å². The first-order valence-corrected chi connectivity index (χ1v) is 11.6. The Morgan fingerprint density at radius 2 is 1.76 bits per heavy atom. The van der Waals surface area contributed by atoms with Crippen LogP contribution >= 0.6 is 11.3 Å². The van der Waals surface area contributed by atoms with Gasteiger partial charge in [0, 0.05) is 25.8 Å². The van der Waals surface area contributed by atoms with E-state index >= 15 is 0 Å². The zero-order valence-corrected chi connectivity index (χ0v) is 20.1. The van der Waals surface area contributed by atoms with Crippen LogP contribution < -0.4 is 15.0 Å². The zero-order chi connectivity index (χ0) is 23.4. The number of nitrogens with zero attached hydrogens (tertiary/aromatic N) is 3. The molecule has 4 rings (SSSR count). The van der Waals surface area contributed by atoms with E-state index in [4.69, 9.17) is 9.72 Å². The van der Waals surface area contributed by atoms with Gasteiger partial charge in [-0.1, -0.05) is 47.7 Å². The molecule has 0 atom stereocenters. The summed E-state index contributed by atoms with van der Waals surface area (Å²) in [5, 5.41) is 3.77. The number of carbonyl (C=O) groups is 1. The smallest absolute Gasteiger partial charge is 0.410 e. The van der Waals surface area contributed by atoms with Gasteiger partial charge in [-0.3, -0.25) is 5.32 Å². The summed E-state index contributed by atoms with van der Waals surface area (Å²) in [6.45, 7) is 3.93. The highest BCUT2D eigenvalue weighted by Crippen LogP contribution is 2.30. The summed E-state index contributed by atoms with van der Waals surface area (Å²) in [6, 6.07) is 21.4. The number of aryl methyl sites for hydroxylation is 1. The van der Waals surface area contributed by atoms with Gasteiger partial charge in [-0.25, -0.2) is 9.78 Å². The third-order valence-corrected chi connectivity index (χ3v) is 6.49. The number of nitrogens with one attached hydrogen (secondary N) is 1. The summed E-state index contributed by atoms with van der Waals surface area (Å²) >= 11 is 1.61. The molecular formula is C26H28N4O2S. The minimum absolute atomic E-state index is 0.494. The molecule has 170 valence electrons. The topological polar surface area (TPSA) is 57.7 Å². The molecule has 0 spiro atoms. The number of ether oxygens (including phenoxy) is 1. The van der Waals surface area contributed by atoms with Crippen molar-refractivity contribution in [3.8, 4) is 16.9 Å². The lowest BCUT2D eigenvalue weighted by Gasteiger charge is -2.18. The van der Waals surface area contributed by atoms with Gasteiger partial charge in [0.25, 0.3) is 0 Å². The maximum atomic E-state index is 12.4. The lowest BCUT2D eigenvalue weighted by Crippen LogP contribution is -2.28. The van der Waals surface area contributed by atoms with Crippen LogP contribution in [-0.2, 0) is 0 Å². The van der Waals surface area contributed by atoms with Gasteiger partial charge in [0.1, 0.15) is 5.75 Å². The molecule has 1 amide bonds. The Labute approximate surface area is 198 Å². The maximum absolute atomic E-state index is 12.4. The molecule has 7 heteroatoms. The molecule has 1 heterocycles. The molecule has 0 aliphatic carbocycles. The van der Waals surface area contributed by atoms with Gasteiger partial charge in [-0.15, -0.1) is 0 Å². The van der Waals surface area contributed by atoms with Crippen LogP contribution in [0.15, 0.2) is 66.7 Å². The number of carbonyl (C=O) groups excluding carboxylic acids is 1. The minimum Gasteiger partial charge on any atom is -0.410 e. The van der Waals surface area contributed by atoms with Crippen LogP contribution in [-0.4, -0.2) is 50.2 Å². The second-order valence-corrected chi connectivity index (χ2v) is 9.27. The first kappa shape index (κ1) is 22.8. The Morgan fingerprint density at radius 3 is 2.48 bits per heavy atom. The van der Waals surface area contributed by atoms with E-state index in [1.807, 2.05) is 61.6 Å². The predicted molar refractivity (Wildman–Crippen MR) is 138 cm³/mol. The fourth-order valence-corrected chi connectivity index (χ4v) is 4.44. The Hall–Kier alpha value is -3.42. The molecule has 0 fully saturated rings. The molecule has 0 saturated heterocycles.